The number of hydroxylamine groups is 1. The van der Waals surface area contributed by atoms with E-state index in [-0.39, 0.29) is 17.7 Å². The molecule has 0 saturated carbocycles. The van der Waals surface area contributed by atoms with Crippen LogP contribution in [0.1, 0.15) is 31.2 Å². The average molecular weight is 458 g/mol. The van der Waals surface area contributed by atoms with Crippen molar-refractivity contribution in [1.82, 2.24) is 15.7 Å². The van der Waals surface area contributed by atoms with Gasteiger partial charge in [-0.15, -0.1) is 0 Å². The monoisotopic (exact) mass is 457 g/mol. The molecular formula is C18H28BrN5O4. The minimum Gasteiger partial charge on any atom is -0.507 e. The van der Waals surface area contributed by atoms with E-state index in [9.17, 15) is 14.7 Å². The van der Waals surface area contributed by atoms with Gasteiger partial charge in [0.1, 0.15) is 5.75 Å². The molecule has 1 aromatic rings. The Morgan fingerprint density at radius 2 is 2.11 bits per heavy atom. The summed E-state index contributed by atoms with van der Waals surface area (Å²) in [6.07, 6.45) is 2.53. The van der Waals surface area contributed by atoms with E-state index in [4.69, 9.17) is 16.7 Å². The second kappa shape index (κ2) is 10.7. The van der Waals surface area contributed by atoms with Crippen LogP contribution in [0.3, 0.4) is 0 Å². The number of phenols is 1. The number of hydrogen-bond acceptors (Lipinski definition) is 7. The minimum absolute atomic E-state index is 0.128. The van der Waals surface area contributed by atoms with Gasteiger partial charge in [-0.2, -0.15) is 0 Å². The third-order valence-corrected chi connectivity index (χ3v) is 5.50. The first-order valence-electron chi connectivity index (χ1n) is 9.27. The van der Waals surface area contributed by atoms with E-state index >= 15 is 0 Å². The lowest BCUT2D eigenvalue weighted by molar-refractivity contribution is -0.134. The molecule has 1 fully saturated rings. The Balaban J connectivity index is 2.00. The Morgan fingerprint density at radius 3 is 2.75 bits per heavy atom. The third kappa shape index (κ3) is 6.14. The number of benzene rings is 1. The quantitative estimate of drug-likeness (QED) is 0.175. The number of likely N-dealkylation sites (tertiary alicyclic amines) is 1. The summed E-state index contributed by atoms with van der Waals surface area (Å²) in [6.45, 7) is 1.43. The Labute approximate surface area is 172 Å². The van der Waals surface area contributed by atoms with Crippen LogP contribution < -0.4 is 22.3 Å². The second-order valence-electron chi connectivity index (χ2n) is 7.04. The molecule has 0 bridgehead atoms. The maximum absolute atomic E-state index is 12.3. The Bertz CT molecular complexity index is 690. The predicted octanol–water partition coefficient (Wildman–Crippen LogP) is 0.176. The SMILES string of the molecule is NCCCC[C@H](N)C(=O)N[C@H]1C[C@@H](C(=O)NO)N(Cc2ccc(O)c(Br)c2)C1. The molecule has 1 heterocycles. The molecule has 0 aliphatic carbocycles. The molecule has 28 heavy (non-hydrogen) atoms. The lowest BCUT2D eigenvalue weighted by Crippen LogP contribution is -2.46. The number of aromatic hydroxyl groups is 1. The standard InChI is InChI=1S/C18H28BrN5O4/c19-13-7-11(4-5-16(13)25)9-24-10-12(8-15(24)18(27)23-28)22-17(26)14(21)3-1-2-6-20/h4-5,7,12,14-15,25,28H,1-3,6,8-10,20-21H2,(H,22,26)(H,23,27)/t12-,14-,15-/m0/s1. The molecule has 2 amide bonds. The van der Waals surface area contributed by atoms with Crippen molar-refractivity contribution in [3.63, 3.8) is 0 Å². The molecule has 156 valence electrons. The zero-order chi connectivity index (χ0) is 20.7. The summed E-state index contributed by atoms with van der Waals surface area (Å²) in [5.74, 6) is -0.648. The number of nitrogens with zero attached hydrogens (tertiary/aromatic N) is 1. The highest BCUT2D eigenvalue weighted by molar-refractivity contribution is 9.10. The molecule has 9 nitrogen and oxygen atoms in total. The van der Waals surface area contributed by atoms with Gasteiger partial charge in [0.05, 0.1) is 16.6 Å². The largest absolute Gasteiger partial charge is 0.507 e. The molecule has 3 atom stereocenters. The van der Waals surface area contributed by atoms with Crippen molar-refractivity contribution >= 4 is 27.7 Å². The van der Waals surface area contributed by atoms with Crippen molar-refractivity contribution in [3.05, 3.63) is 28.2 Å². The van der Waals surface area contributed by atoms with E-state index < -0.39 is 18.0 Å². The Morgan fingerprint density at radius 1 is 1.36 bits per heavy atom. The Kier molecular flexibility index (Phi) is 8.64. The number of carbonyl (C=O) groups excluding carboxylic acids is 2. The summed E-state index contributed by atoms with van der Waals surface area (Å²) in [4.78, 5) is 26.3. The first kappa shape index (κ1) is 22.6. The van der Waals surface area contributed by atoms with Crippen LogP contribution in [0.4, 0.5) is 0 Å². The fourth-order valence-electron chi connectivity index (χ4n) is 3.36. The lowest BCUT2D eigenvalue weighted by atomic mass is 10.1. The lowest BCUT2D eigenvalue weighted by Gasteiger charge is -2.22. The summed E-state index contributed by atoms with van der Waals surface area (Å²) < 4.78 is 0.556. The maximum atomic E-state index is 12.3. The topological polar surface area (TPSA) is 154 Å². The van der Waals surface area contributed by atoms with Crippen LogP contribution in [0.2, 0.25) is 0 Å². The van der Waals surface area contributed by atoms with Crippen molar-refractivity contribution in [2.45, 2.75) is 50.4 Å². The van der Waals surface area contributed by atoms with Crippen molar-refractivity contribution in [3.8, 4) is 5.75 Å². The van der Waals surface area contributed by atoms with E-state index in [0.717, 1.165) is 18.4 Å². The van der Waals surface area contributed by atoms with Crippen molar-refractivity contribution in [2.75, 3.05) is 13.1 Å². The highest BCUT2D eigenvalue weighted by Gasteiger charge is 2.37. The van der Waals surface area contributed by atoms with Crippen molar-refractivity contribution in [2.24, 2.45) is 11.5 Å². The fraction of sp³-hybridized carbons (Fsp3) is 0.556. The van der Waals surface area contributed by atoms with Gasteiger partial charge in [0, 0.05) is 19.1 Å². The van der Waals surface area contributed by atoms with Gasteiger partial charge in [0.15, 0.2) is 0 Å². The van der Waals surface area contributed by atoms with Crippen LogP contribution in [0.15, 0.2) is 22.7 Å². The number of hydrogen-bond donors (Lipinski definition) is 6. The molecule has 10 heteroatoms. The molecule has 1 aliphatic rings. The Hall–Kier alpha value is -1.72. The van der Waals surface area contributed by atoms with Gasteiger partial charge in [-0.25, -0.2) is 5.48 Å². The van der Waals surface area contributed by atoms with E-state index in [0.29, 0.717) is 36.9 Å². The van der Waals surface area contributed by atoms with E-state index in [1.54, 1.807) is 23.7 Å². The van der Waals surface area contributed by atoms with Crippen LogP contribution in [0.5, 0.6) is 5.75 Å². The molecule has 0 spiro atoms. The van der Waals surface area contributed by atoms with Crippen LogP contribution in [0.25, 0.3) is 0 Å². The number of amides is 2. The highest BCUT2D eigenvalue weighted by Crippen LogP contribution is 2.27. The fourth-order valence-corrected chi connectivity index (χ4v) is 3.79. The van der Waals surface area contributed by atoms with Gasteiger partial charge in [-0.3, -0.25) is 19.7 Å². The molecule has 1 aromatic carbocycles. The van der Waals surface area contributed by atoms with Crippen LogP contribution in [-0.2, 0) is 16.1 Å². The predicted molar refractivity (Wildman–Crippen MR) is 107 cm³/mol. The first-order chi connectivity index (χ1) is 13.3. The zero-order valence-electron chi connectivity index (χ0n) is 15.6. The second-order valence-corrected chi connectivity index (χ2v) is 7.89. The van der Waals surface area contributed by atoms with Gasteiger partial charge in [0.25, 0.3) is 5.91 Å². The number of unbranched alkanes of at least 4 members (excludes halogenated alkanes) is 1. The number of nitrogens with one attached hydrogen (secondary N) is 2. The van der Waals surface area contributed by atoms with E-state index in [1.165, 1.54) is 0 Å². The number of halogens is 1. The van der Waals surface area contributed by atoms with Gasteiger partial charge in [0.2, 0.25) is 5.91 Å². The summed E-state index contributed by atoms with van der Waals surface area (Å²) in [5, 5.41) is 21.6. The van der Waals surface area contributed by atoms with Crippen LogP contribution >= 0.6 is 15.9 Å². The minimum atomic E-state index is -0.612. The normalized spacial score (nSPS) is 20.7. The van der Waals surface area contributed by atoms with Gasteiger partial charge >= 0.3 is 0 Å². The number of rotatable bonds is 9. The molecule has 8 N–H and O–H groups in total. The van der Waals surface area contributed by atoms with Gasteiger partial charge in [-0.1, -0.05) is 12.5 Å². The summed E-state index contributed by atoms with van der Waals surface area (Å²) in [7, 11) is 0. The van der Waals surface area contributed by atoms with E-state index in [2.05, 4.69) is 21.2 Å². The van der Waals surface area contributed by atoms with Gasteiger partial charge in [-0.05, 0) is 59.4 Å². The molecule has 0 unspecified atom stereocenters. The summed E-state index contributed by atoms with van der Waals surface area (Å²) in [6, 6.07) is 3.64. The number of phenolic OH excluding ortho intramolecular Hbond substituents is 1. The molecule has 0 radical (unpaired) electrons. The van der Waals surface area contributed by atoms with Crippen LogP contribution in [-0.4, -0.2) is 58.2 Å². The smallest absolute Gasteiger partial charge is 0.260 e. The molecule has 1 aliphatic heterocycles. The average Bonchev–Trinajstić information content (AvgIpc) is 3.06. The summed E-state index contributed by atoms with van der Waals surface area (Å²) in [5.41, 5.74) is 14.0. The third-order valence-electron chi connectivity index (χ3n) is 4.87. The van der Waals surface area contributed by atoms with Gasteiger partial charge < -0.3 is 21.9 Å². The maximum Gasteiger partial charge on any atom is 0.260 e. The number of carbonyl (C=O) groups is 2. The highest BCUT2D eigenvalue weighted by atomic mass is 79.9. The first-order valence-corrected chi connectivity index (χ1v) is 10.1. The molecule has 0 aromatic heterocycles. The number of nitrogens with two attached hydrogens (primary N) is 2. The molecular weight excluding hydrogens is 430 g/mol. The van der Waals surface area contributed by atoms with Crippen molar-refractivity contribution < 1.29 is 19.9 Å². The zero-order valence-corrected chi connectivity index (χ0v) is 17.2. The molecule has 2 rings (SSSR count). The summed E-state index contributed by atoms with van der Waals surface area (Å²) >= 11 is 3.27. The van der Waals surface area contributed by atoms with Crippen molar-refractivity contribution in [1.29, 1.82) is 0 Å². The van der Waals surface area contributed by atoms with Crippen LogP contribution in [0, 0.1) is 0 Å². The molecule has 1 saturated heterocycles. The van der Waals surface area contributed by atoms with E-state index in [1.807, 2.05) is 4.90 Å².